The molecule has 0 aromatic heterocycles. The first-order valence-electron chi connectivity index (χ1n) is 5.50. The predicted molar refractivity (Wildman–Crippen MR) is 61.8 cm³/mol. The van der Waals surface area contributed by atoms with Crippen LogP contribution in [0.15, 0.2) is 11.6 Å². The molecule has 0 aliphatic heterocycles. The fourth-order valence-electron chi connectivity index (χ4n) is 1.30. The molecule has 0 aromatic carbocycles. The number of likely N-dealkylation sites (N-methyl/N-ethyl adjacent to an activating group) is 1. The quantitative estimate of drug-likeness (QED) is 0.365. The average molecular weight is 243 g/mol. The van der Waals surface area contributed by atoms with E-state index in [0.29, 0.717) is 16.6 Å². The second kappa shape index (κ2) is 6.39. The number of hydrogen-bond acceptors (Lipinski definition) is 4. The number of carbonyl (C=O) groups excluding carboxylic acids is 2. The van der Waals surface area contributed by atoms with Gasteiger partial charge in [-0.25, -0.2) is 4.79 Å². The van der Waals surface area contributed by atoms with Gasteiger partial charge in [-0.15, -0.1) is 0 Å². The van der Waals surface area contributed by atoms with Crippen molar-refractivity contribution in [1.82, 2.24) is 0 Å². The molecule has 0 rings (SSSR count). The van der Waals surface area contributed by atoms with Crippen LogP contribution < -0.4 is 5.11 Å². The molecule has 98 valence electrons. The van der Waals surface area contributed by atoms with Crippen molar-refractivity contribution in [3.05, 3.63) is 11.6 Å². The molecule has 5 nitrogen and oxygen atoms in total. The van der Waals surface area contributed by atoms with Gasteiger partial charge in [-0.2, -0.15) is 0 Å². The van der Waals surface area contributed by atoms with E-state index < -0.39 is 18.0 Å². The van der Waals surface area contributed by atoms with E-state index in [2.05, 4.69) is 0 Å². The highest BCUT2D eigenvalue weighted by Crippen LogP contribution is 2.07. The number of carbonyl (C=O) groups is 2. The maximum Gasteiger partial charge on any atom is 0.333 e. The zero-order valence-electron chi connectivity index (χ0n) is 11.1. The Morgan fingerprint density at radius 3 is 2.24 bits per heavy atom. The summed E-state index contributed by atoms with van der Waals surface area (Å²) in [6.07, 6.45) is 0.685. The zero-order chi connectivity index (χ0) is 13.6. The lowest BCUT2D eigenvalue weighted by atomic mass is 10.2. The highest BCUT2D eigenvalue weighted by molar-refractivity contribution is 5.87. The largest absolute Gasteiger partial charge is 0.550 e. The highest BCUT2D eigenvalue weighted by Gasteiger charge is 2.22. The average Bonchev–Trinajstić information content (AvgIpc) is 2.12. The molecule has 0 aliphatic rings. The van der Waals surface area contributed by atoms with Gasteiger partial charge in [0.1, 0.15) is 6.54 Å². The van der Waals surface area contributed by atoms with Crippen molar-refractivity contribution in [3.63, 3.8) is 0 Å². The molecule has 0 fully saturated rings. The van der Waals surface area contributed by atoms with Crippen molar-refractivity contribution in [1.29, 1.82) is 0 Å². The summed E-state index contributed by atoms with van der Waals surface area (Å²) in [5.41, 5.74) is 0.467. The van der Waals surface area contributed by atoms with Crippen molar-refractivity contribution in [2.75, 3.05) is 27.7 Å². The van der Waals surface area contributed by atoms with Crippen molar-refractivity contribution in [2.24, 2.45) is 0 Å². The molecule has 0 unspecified atom stereocenters. The molecule has 0 amide bonds. The van der Waals surface area contributed by atoms with E-state index >= 15 is 0 Å². The summed E-state index contributed by atoms with van der Waals surface area (Å²) in [6.45, 7) is 3.78. The van der Waals surface area contributed by atoms with Crippen LogP contribution in [0.5, 0.6) is 0 Å². The summed E-state index contributed by atoms with van der Waals surface area (Å²) < 4.78 is 5.66. The lowest BCUT2D eigenvalue weighted by molar-refractivity contribution is -0.873. The van der Waals surface area contributed by atoms with Gasteiger partial charge in [0.15, 0.2) is 6.10 Å². The Bertz CT molecular complexity index is 315. The summed E-state index contributed by atoms with van der Waals surface area (Å²) in [5, 5.41) is 10.6. The molecule has 0 radical (unpaired) electrons. The predicted octanol–water partition coefficient (Wildman–Crippen LogP) is -0.289. The Kier molecular flexibility index (Phi) is 5.88. The minimum atomic E-state index is -1.21. The molecule has 0 saturated carbocycles. The number of allylic oxidation sites excluding steroid dienone is 1. The first-order chi connectivity index (χ1) is 7.65. The van der Waals surface area contributed by atoms with E-state index in [9.17, 15) is 14.7 Å². The molecule has 0 heterocycles. The van der Waals surface area contributed by atoms with Crippen molar-refractivity contribution in [3.8, 4) is 0 Å². The molecule has 1 atom stereocenters. The first-order valence-corrected chi connectivity index (χ1v) is 5.50. The van der Waals surface area contributed by atoms with Crippen LogP contribution in [0.2, 0.25) is 0 Å². The fourth-order valence-corrected chi connectivity index (χ4v) is 1.30. The third kappa shape index (κ3) is 7.52. The van der Waals surface area contributed by atoms with Crippen LogP contribution in [0.3, 0.4) is 0 Å². The maximum atomic E-state index is 11.5. The Morgan fingerprint density at radius 2 is 1.88 bits per heavy atom. The molecular weight excluding hydrogens is 222 g/mol. The minimum absolute atomic E-state index is 0.280. The third-order valence-electron chi connectivity index (χ3n) is 2.17. The zero-order valence-corrected chi connectivity index (χ0v) is 11.1. The SMILES string of the molecule is CC=C(C)C(=O)O[C@H](CC(=O)[O-])C[N+](C)(C)C. The number of hydrogen-bond donors (Lipinski definition) is 0. The number of carboxylic acids is 1. The third-order valence-corrected chi connectivity index (χ3v) is 2.17. The molecule has 17 heavy (non-hydrogen) atoms. The number of esters is 1. The summed E-state index contributed by atoms with van der Waals surface area (Å²) >= 11 is 0. The van der Waals surface area contributed by atoms with Gasteiger partial charge in [0.25, 0.3) is 0 Å². The molecule has 0 N–H and O–H groups in total. The number of carboxylic acid groups (broad SMARTS) is 1. The molecule has 0 aliphatic carbocycles. The van der Waals surface area contributed by atoms with Gasteiger partial charge >= 0.3 is 5.97 Å². The van der Waals surface area contributed by atoms with Crippen LogP contribution in [-0.2, 0) is 14.3 Å². The summed E-state index contributed by atoms with van der Waals surface area (Å²) in [4.78, 5) is 22.1. The lowest BCUT2D eigenvalue weighted by Gasteiger charge is -2.29. The van der Waals surface area contributed by atoms with Crippen molar-refractivity contribution < 1.29 is 23.9 Å². The highest BCUT2D eigenvalue weighted by atomic mass is 16.5. The monoisotopic (exact) mass is 243 g/mol. The molecule has 0 saturated heterocycles. The Hall–Kier alpha value is -1.36. The van der Waals surface area contributed by atoms with Gasteiger partial charge in [-0.3, -0.25) is 0 Å². The molecule has 5 heteroatoms. The van der Waals surface area contributed by atoms with Gasteiger partial charge in [0, 0.05) is 18.0 Å². The summed E-state index contributed by atoms with van der Waals surface area (Å²) in [7, 11) is 5.70. The van der Waals surface area contributed by atoms with E-state index in [4.69, 9.17) is 4.74 Å². The van der Waals surface area contributed by atoms with Gasteiger partial charge in [0.2, 0.25) is 0 Å². The Morgan fingerprint density at radius 1 is 1.35 bits per heavy atom. The maximum absolute atomic E-state index is 11.5. The van der Waals surface area contributed by atoms with Crippen LogP contribution in [-0.4, -0.2) is 50.2 Å². The minimum Gasteiger partial charge on any atom is -0.550 e. The van der Waals surface area contributed by atoms with Crippen LogP contribution >= 0.6 is 0 Å². The van der Waals surface area contributed by atoms with Crippen molar-refractivity contribution in [2.45, 2.75) is 26.4 Å². The van der Waals surface area contributed by atoms with Gasteiger partial charge < -0.3 is 19.1 Å². The van der Waals surface area contributed by atoms with E-state index in [1.165, 1.54) is 0 Å². The van der Waals surface area contributed by atoms with Gasteiger partial charge in [-0.1, -0.05) is 6.08 Å². The van der Waals surface area contributed by atoms with Crippen LogP contribution in [0, 0.1) is 0 Å². The van der Waals surface area contributed by atoms with E-state index in [1.54, 1.807) is 19.9 Å². The first kappa shape index (κ1) is 15.6. The summed E-state index contributed by atoms with van der Waals surface area (Å²) in [5.74, 6) is -1.69. The second-order valence-corrected chi connectivity index (χ2v) is 5.05. The fraction of sp³-hybridized carbons (Fsp3) is 0.667. The topological polar surface area (TPSA) is 66.4 Å². The number of nitrogens with zero attached hydrogens (tertiary/aromatic N) is 1. The smallest absolute Gasteiger partial charge is 0.333 e. The van der Waals surface area contributed by atoms with Crippen LogP contribution in [0.25, 0.3) is 0 Å². The normalized spacial score (nSPS) is 14.3. The summed E-state index contributed by atoms with van der Waals surface area (Å²) in [6, 6.07) is 0. The van der Waals surface area contributed by atoms with Gasteiger partial charge in [0.05, 0.1) is 21.1 Å². The molecule has 0 aromatic rings. The van der Waals surface area contributed by atoms with E-state index in [-0.39, 0.29) is 6.42 Å². The van der Waals surface area contributed by atoms with Gasteiger partial charge in [-0.05, 0) is 13.8 Å². The second-order valence-electron chi connectivity index (χ2n) is 5.05. The van der Waals surface area contributed by atoms with Crippen LogP contribution in [0.1, 0.15) is 20.3 Å². The van der Waals surface area contributed by atoms with E-state index in [0.717, 1.165) is 0 Å². The molecule has 0 spiro atoms. The molecule has 0 bridgehead atoms. The van der Waals surface area contributed by atoms with Crippen LogP contribution in [0.4, 0.5) is 0 Å². The molecular formula is C12H21NO4. The number of ether oxygens (including phenoxy) is 1. The number of rotatable bonds is 6. The number of aliphatic carboxylic acids is 1. The Labute approximate surface area is 102 Å². The standard InChI is InChI=1S/C12H21NO4/c1-6-9(2)12(16)17-10(7-11(14)15)8-13(3,4)5/h6,10H,7-8H2,1-5H3/t10-/m1/s1. The van der Waals surface area contributed by atoms with Crippen molar-refractivity contribution >= 4 is 11.9 Å². The lowest BCUT2D eigenvalue weighted by Crippen LogP contribution is -2.45. The van der Waals surface area contributed by atoms with E-state index in [1.807, 2.05) is 21.1 Å². The number of quaternary nitrogens is 1. The Balaban J connectivity index is 4.60.